The largest absolute Gasteiger partial charge is 0.310 e. The molecule has 4 nitrogen and oxygen atoms in total. The van der Waals surface area contributed by atoms with Gasteiger partial charge in [-0.05, 0) is 38.1 Å². The highest BCUT2D eigenvalue weighted by Gasteiger charge is 2.12. The van der Waals surface area contributed by atoms with Crippen molar-refractivity contribution in [3.8, 4) is 11.8 Å². The van der Waals surface area contributed by atoms with Gasteiger partial charge in [0.05, 0.1) is 23.0 Å². The summed E-state index contributed by atoms with van der Waals surface area (Å²) in [6.45, 7) is 9.21. The highest BCUT2D eigenvalue weighted by atomic mass is 15.3. The Kier molecular flexibility index (Phi) is 4.21. The third kappa shape index (κ3) is 2.89. The van der Waals surface area contributed by atoms with Crippen LogP contribution in [0.25, 0.3) is 5.69 Å². The monoisotopic (exact) mass is 268 g/mol. The molecule has 1 heterocycles. The maximum atomic E-state index is 8.84. The van der Waals surface area contributed by atoms with Gasteiger partial charge in [-0.15, -0.1) is 0 Å². The Morgan fingerprint density at radius 3 is 2.45 bits per heavy atom. The predicted octanol–water partition coefficient (Wildman–Crippen LogP) is 2.86. The number of rotatable bonds is 4. The van der Waals surface area contributed by atoms with Crippen LogP contribution in [0, 0.1) is 25.2 Å². The number of benzene rings is 1. The molecule has 0 saturated heterocycles. The summed E-state index contributed by atoms with van der Waals surface area (Å²) in [6.07, 6.45) is 0. The van der Waals surface area contributed by atoms with Gasteiger partial charge in [0.2, 0.25) is 0 Å². The fraction of sp³-hybridized carbons (Fsp3) is 0.375. The second-order valence-corrected chi connectivity index (χ2v) is 5.26. The average molecular weight is 268 g/mol. The van der Waals surface area contributed by atoms with Crippen LogP contribution in [0.15, 0.2) is 24.3 Å². The van der Waals surface area contributed by atoms with Crippen LogP contribution in [0.5, 0.6) is 0 Å². The van der Waals surface area contributed by atoms with E-state index in [4.69, 9.17) is 5.26 Å². The van der Waals surface area contributed by atoms with Crippen molar-refractivity contribution in [3.05, 3.63) is 46.8 Å². The summed E-state index contributed by atoms with van der Waals surface area (Å²) < 4.78 is 1.94. The molecule has 2 rings (SSSR count). The molecule has 0 radical (unpaired) electrons. The molecular weight excluding hydrogens is 248 g/mol. The molecule has 0 bridgehead atoms. The Hall–Kier alpha value is -2.12. The maximum absolute atomic E-state index is 8.84. The molecule has 0 aliphatic carbocycles. The summed E-state index contributed by atoms with van der Waals surface area (Å²) >= 11 is 0. The first-order chi connectivity index (χ1) is 9.52. The van der Waals surface area contributed by atoms with E-state index in [1.165, 1.54) is 5.56 Å². The highest BCUT2D eigenvalue weighted by molar-refractivity contribution is 5.41. The molecule has 104 valence electrons. The van der Waals surface area contributed by atoms with Crippen LogP contribution in [0.4, 0.5) is 0 Å². The molecular formula is C16H20N4. The van der Waals surface area contributed by atoms with E-state index in [2.05, 4.69) is 37.3 Å². The zero-order valence-corrected chi connectivity index (χ0v) is 12.4. The summed E-state index contributed by atoms with van der Waals surface area (Å²) in [5.74, 6) is 0. The first-order valence-electron chi connectivity index (χ1n) is 6.82. The minimum atomic E-state index is 0.451. The minimum Gasteiger partial charge on any atom is -0.310 e. The summed E-state index contributed by atoms with van der Waals surface area (Å²) in [4.78, 5) is 0. The van der Waals surface area contributed by atoms with Gasteiger partial charge >= 0.3 is 0 Å². The quantitative estimate of drug-likeness (QED) is 0.927. The summed E-state index contributed by atoms with van der Waals surface area (Å²) in [7, 11) is 0. The standard InChI is InChI=1S/C16H20N4/c1-11(2)18-10-16-12(3)19-20(13(16)4)15-7-5-14(9-17)6-8-15/h5-8,11,18H,10H2,1-4H3. The lowest BCUT2D eigenvalue weighted by molar-refractivity contribution is 0.586. The van der Waals surface area contributed by atoms with Crippen LogP contribution in [0.1, 0.15) is 36.4 Å². The van der Waals surface area contributed by atoms with Crippen molar-refractivity contribution in [2.24, 2.45) is 0 Å². The van der Waals surface area contributed by atoms with Crippen LogP contribution in [0.3, 0.4) is 0 Å². The third-order valence-corrected chi connectivity index (χ3v) is 3.37. The van der Waals surface area contributed by atoms with E-state index in [0.717, 1.165) is 23.6 Å². The molecule has 1 aromatic carbocycles. The van der Waals surface area contributed by atoms with Crippen LogP contribution in [-0.2, 0) is 6.54 Å². The van der Waals surface area contributed by atoms with Gasteiger partial charge in [-0.2, -0.15) is 10.4 Å². The molecule has 0 saturated carbocycles. The van der Waals surface area contributed by atoms with Crippen molar-refractivity contribution in [2.75, 3.05) is 0 Å². The van der Waals surface area contributed by atoms with Crippen molar-refractivity contribution in [2.45, 2.75) is 40.3 Å². The first-order valence-corrected chi connectivity index (χ1v) is 6.82. The summed E-state index contributed by atoms with van der Waals surface area (Å²) in [5, 5.41) is 16.9. The summed E-state index contributed by atoms with van der Waals surface area (Å²) in [5.41, 5.74) is 5.07. The van der Waals surface area contributed by atoms with Gasteiger partial charge in [-0.1, -0.05) is 13.8 Å². The van der Waals surface area contributed by atoms with Crippen LogP contribution in [-0.4, -0.2) is 15.8 Å². The molecule has 0 unspecified atom stereocenters. The number of nitrogens with one attached hydrogen (secondary N) is 1. The molecule has 2 aromatic rings. The van der Waals surface area contributed by atoms with Crippen molar-refractivity contribution in [1.82, 2.24) is 15.1 Å². The van der Waals surface area contributed by atoms with Gasteiger partial charge in [-0.25, -0.2) is 4.68 Å². The number of nitrogens with zero attached hydrogens (tertiary/aromatic N) is 3. The molecule has 0 amide bonds. The predicted molar refractivity (Wildman–Crippen MR) is 79.7 cm³/mol. The second kappa shape index (κ2) is 5.89. The lowest BCUT2D eigenvalue weighted by Crippen LogP contribution is -2.22. The SMILES string of the molecule is Cc1nn(-c2ccc(C#N)cc2)c(C)c1CNC(C)C. The number of hydrogen-bond acceptors (Lipinski definition) is 3. The van der Waals surface area contributed by atoms with E-state index >= 15 is 0 Å². The van der Waals surface area contributed by atoms with E-state index in [-0.39, 0.29) is 0 Å². The van der Waals surface area contributed by atoms with Gasteiger partial charge in [-0.3, -0.25) is 0 Å². The molecule has 1 aromatic heterocycles. The highest BCUT2D eigenvalue weighted by Crippen LogP contribution is 2.18. The van der Waals surface area contributed by atoms with Crippen LogP contribution >= 0.6 is 0 Å². The first kappa shape index (κ1) is 14.3. The molecule has 1 N–H and O–H groups in total. The number of hydrogen-bond donors (Lipinski definition) is 1. The van der Waals surface area contributed by atoms with Crippen LogP contribution in [0.2, 0.25) is 0 Å². The van der Waals surface area contributed by atoms with E-state index in [1.807, 2.05) is 35.9 Å². The fourth-order valence-electron chi connectivity index (χ4n) is 2.17. The van der Waals surface area contributed by atoms with E-state index in [0.29, 0.717) is 11.6 Å². The Morgan fingerprint density at radius 2 is 1.90 bits per heavy atom. The Bertz CT molecular complexity index is 630. The van der Waals surface area contributed by atoms with Gasteiger partial charge in [0, 0.05) is 23.8 Å². The van der Waals surface area contributed by atoms with Gasteiger partial charge in [0.25, 0.3) is 0 Å². The van der Waals surface area contributed by atoms with Crippen molar-refractivity contribution in [1.29, 1.82) is 5.26 Å². The maximum Gasteiger partial charge on any atom is 0.0991 e. The zero-order chi connectivity index (χ0) is 14.7. The lowest BCUT2D eigenvalue weighted by Gasteiger charge is -2.09. The lowest BCUT2D eigenvalue weighted by atomic mass is 10.2. The number of nitriles is 1. The third-order valence-electron chi connectivity index (χ3n) is 3.37. The normalized spacial score (nSPS) is 10.8. The molecule has 20 heavy (non-hydrogen) atoms. The number of aryl methyl sites for hydroxylation is 1. The summed E-state index contributed by atoms with van der Waals surface area (Å²) in [6, 6.07) is 10.1. The Labute approximate surface area is 120 Å². The molecule has 0 atom stereocenters. The van der Waals surface area contributed by atoms with Gasteiger partial charge in [0.15, 0.2) is 0 Å². The topological polar surface area (TPSA) is 53.6 Å². The number of aromatic nitrogens is 2. The van der Waals surface area contributed by atoms with Gasteiger partial charge < -0.3 is 5.32 Å². The molecule has 4 heteroatoms. The van der Waals surface area contributed by atoms with E-state index < -0.39 is 0 Å². The fourth-order valence-corrected chi connectivity index (χ4v) is 2.17. The molecule has 0 aliphatic rings. The second-order valence-electron chi connectivity index (χ2n) is 5.26. The zero-order valence-electron chi connectivity index (χ0n) is 12.4. The van der Waals surface area contributed by atoms with Crippen molar-refractivity contribution in [3.63, 3.8) is 0 Å². The molecule has 0 fully saturated rings. The van der Waals surface area contributed by atoms with E-state index in [1.54, 1.807) is 0 Å². The average Bonchev–Trinajstić information content (AvgIpc) is 2.72. The van der Waals surface area contributed by atoms with Crippen molar-refractivity contribution >= 4 is 0 Å². The van der Waals surface area contributed by atoms with Crippen LogP contribution < -0.4 is 5.32 Å². The Balaban J connectivity index is 2.33. The van der Waals surface area contributed by atoms with Gasteiger partial charge in [0.1, 0.15) is 0 Å². The molecule has 0 spiro atoms. The molecule has 0 aliphatic heterocycles. The Morgan fingerprint density at radius 1 is 1.25 bits per heavy atom. The van der Waals surface area contributed by atoms with Crippen molar-refractivity contribution < 1.29 is 0 Å². The van der Waals surface area contributed by atoms with E-state index in [9.17, 15) is 0 Å². The minimum absolute atomic E-state index is 0.451. The smallest absolute Gasteiger partial charge is 0.0991 e.